The number of carbonyl (C=O) groups excluding carboxylic acids is 2. The summed E-state index contributed by atoms with van der Waals surface area (Å²) in [6, 6.07) is 10.2. The Morgan fingerprint density at radius 1 is 1.07 bits per heavy atom. The van der Waals surface area contributed by atoms with E-state index in [0.717, 1.165) is 5.69 Å². The molecule has 0 unspecified atom stereocenters. The molecule has 3 rings (SSSR count). The van der Waals surface area contributed by atoms with Crippen molar-refractivity contribution in [2.45, 2.75) is 13.8 Å². The van der Waals surface area contributed by atoms with Crippen LogP contribution in [0.3, 0.4) is 0 Å². The number of aryl methyl sites for hydroxylation is 1. The monoisotopic (exact) mass is 436 g/mol. The summed E-state index contributed by atoms with van der Waals surface area (Å²) in [5, 5.41) is 3.90. The van der Waals surface area contributed by atoms with Crippen LogP contribution in [0.15, 0.2) is 36.4 Å². The van der Waals surface area contributed by atoms with Crippen LogP contribution in [0.25, 0.3) is 10.9 Å². The second kappa shape index (κ2) is 8.35. The molecule has 0 atom stereocenters. The molecule has 0 bridgehead atoms. The number of esters is 1. The van der Waals surface area contributed by atoms with Crippen LogP contribution in [0.5, 0.6) is 0 Å². The summed E-state index contributed by atoms with van der Waals surface area (Å²) in [6.07, 6.45) is 0. The number of nitrogens with one attached hydrogen (secondary N) is 1. The summed E-state index contributed by atoms with van der Waals surface area (Å²) in [7, 11) is 0. The van der Waals surface area contributed by atoms with E-state index in [9.17, 15) is 9.59 Å². The van der Waals surface area contributed by atoms with Crippen LogP contribution in [0.2, 0.25) is 15.1 Å². The van der Waals surface area contributed by atoms with Gasteiger partial charge < -0.3 is 10.1 Å². The van der Waals surface area contributed by atoms with E-state index >= 15 is 0 Å². The van der Waals surface area contributed by atoms with E-state index in [-0.39, 0.29) is 15.7 Å². The standard InChI is InChI=1S/C20H15Cl3N2O3/c1-10-11(2)24-16-6-4-3-5-13(16)18(10)20(27)28-9-17(26)25-19-14(22)7-12(21)8-15(19)23/h3-8H,9H2,1-2H3,(H,25,26). The zero-order valence-electron chi connectivity index (χ0n) is 15.0. The van der Waals surface area contributed by atoms with Crippen LogP contribution in [0.1, 0.15) is 21.6 Å². The number of para-hydroxylation sites is 1. The summed E-state index contributed by atoms with van der Waals surface area (Å²) in [5.74, 6) is -1.19. The number of benzene rings is 2. The molecule has 0 spiro atoms. The second-order valence-corrected chi connectivity index (χ2v) is 7.33. The van der Waals surface area contributed by atoms with Gasteiger partial charge in [0.15, 0.2) is 6.61 Å². The molecule has 0 aliphatic heterocycles. The Balaban J connectivity index is 1.77. The van der Waals surface area contributed by atoms with Gasteiger partial charge in [-0.1, -0.05) is 53.0 Å². The Bertz CT molecular complexity index is 1080. The highest BCUT2D eigenvalue weighted by molar-refractivity contribution is 6.42. The molecule has 0 saturated carbocycles. The van der Waals surface area contributed by atoms with Gasteiger partial charge >= 0.3 is 5.97 Å². The van der Waals surface area contributed by atoms with E-state index in [4.69, 9.17) is 39.5 Å². The minimum absolute atomic E-state index is 0.184. The predicted molar refractivity (Wildman–Crippen MR) is 112 cm³/mol. The minimum Gasteiger partial charge on any atom is -0.452 e. The number of hydrogen-bond acceptors (Lipinski definition) is 4. The second-order valence-electron chi connectivity index (χ2n) is 6.08. The number of amides is 1. The Hall–Kier alpha value is -2.34. The molecular weight excluding hydrogens is 423 g/mol. The van der Waals surface area contributed by atoms with Gasteiger partial charge in [-0.25, -0.2) is 4.79 Å². The first kappa shape index (κ1) is 20.4. The Morgan fingerprint density at radius 3 is 2.39 bits per heavy atom. The molecule has 1 amide bonds. The van der Waals surface area contributed by atoms with Crippen molar-refractivity contribution in [3.05, 3.63) is 68.3 Å². The first-order chi connectivity index (χ1) is 13.3. The van der Waals surface area contributed by atoms with Gasteiger partial charge in [0.1, 0.15) is 0 Å². The quantitative estimate of drug-likeness (QED) is 0.539. The molecule has 0 aliphatic rings. The number of halogens is 3. The third kappa shape index (κ3) is 4.22. The van der Waals surface area contributed by atoms with Crippen molar-refractivity contribution in [2.24, 2.45) is 0 Å². The maximum absolute atomic E-state index is 12.7. The maximum Gasteiger partial charge on any atom is 0.339 e. The SMILES string of the molecule is Cc1nc2ccccc2c(C(=O)OCC(=O)Nc2c(Cl)cc(Cl)cc2Cl)c1C. The van der Waals surface area contributed by atoms with E-state index in [0.29, 0.717) is 27.1 Å². The molecule has 5 nitrogen and oxygen atoms in total. The van der Waals surface area contributed by atoms with E-state index in [1.807, 2.05) is 25.1 Å². The molecule has 2 aromatic carbocycles. The zero-order chi connectivity index (χ0) is 20.4. The summed E-state index contributed by atoms with van der Waals surface area (Å²) < 4.78 is 5.22. The van der Waals surface area contributed by atoms with Crippen LogP contribution >= 0.6 is 34.8 Å². The lowest BCUT2D eigenvalue weighted by Crippen LogP contribution is -2.22. The van der Waals surface area contributed by atoms with Gasteiger partial charge in [0.2, 0.25) is 0 Å². The summed E-state index contributed by atoms with van der Waals surface area (Å²) in [5.41, 5.74) is 2.69. The zero-order valence-corrected chi connectivity index (χ0v) is 17.2. The van der Waals surface area contributed by atoms with Crippen LogP contribution in [0.4, 0.5) is 5.69 Å². The molecule has 0 aliphatic carbocycles. The van der Waals surface area contributed by atoms with Crippen molar-refractivity contribution < 1.29 is 14.3 Å². The summed E-state index contributed by atoms with van der Waals surface area (Å²) in [4.78, 5) is 29.3. The number of hydrogen-bond donors (Lipinski definition) is 1. The van der Waals surface area contributed by atoms with E-state index < -0.39 is 18.5 Å². The third-order valence-electron chi connectivity index (χ3n) is 4.19. The number of nitrogens with zero attached hydrogens (tertiary/aromatic N) is 1. The molecular formula is C20H15Cl3N2O3. The Labute approximate surface area is 176 Å². The molecule has 1 aromatic heterocycles. The van der Waals surface area contributed by atoms with Gasteiger partial charge in [-0.2, -0.15) is 0 Å². The lowest BCUT2D eigenvalue weighted by Gasteiger charge is -2.13. The van der Waals surface area contributed by atoms with Crippen LogP contribution in [-0.4, -0.2) is 23.5 Å². The Kier molecular flexibility index (Phi) is 6.08. The number of rotatable bonds is 4. The van der Waals surface area contributed by atoms with Gasteiger partial charge in [0.05, 0.1) is 26.8 Å². The van der Waals surface area contributed by atoms with Crippen molar-refractivity contribution in [1.29, 1.82) is 0 Å². The first-order valence-corrected chi connectivity index (χ1v) is 9.38. The summed E-state index contributed by atoms with van der Waals surface area (Å²) in [6.45, 7) is 3.11. The fraction of sp³-hybridized carbons (Fsp3) is 0.150. The highest BCUT2D eigenvalue weighted by atomic mass is 35.5. The molecule has 0 saturated heterocycles. The number of pyridine rings is 1. The fourth-order valence-electron chi connectivity index (χ4n) is 2.73. The van der Waals surface area contributed by atoms with Crippen molar-refractivity contribution in [1.82, 2.24) is 4.98 Å². The molecule has 144 valence electrons. The average molecular weight is 438 g/mol. The normalized spacial score (nSPS) is 10.8. The van der Waals surface area contributed by atoms with Crippen molar-refractivity contribution in [3.8, 4) is 0 Å². The smallest absolute Gasteiger partial charge is 0.339 e. The number of anilines is 1. The first-order valence-electron chi connectivity index (χ1n) is 8.25. The van der Waals surface area contributed by atoms with Gasteiger partial charge in [-0.3, -0.25) is 9.78 Å². The van der Waals surface area contributed by atoms with E-state index in [2.05, 4.69) is 10.3 Å². The molecule has 1 heterocycles. The molecule has 0 fully saturated rings. The Morgan fingerprint density at radius 2 is 1.71 bits per heavy atom. The van der Waals surface area contributed by atoms with Crippen LogP contribution in [0, 0.1) is 13.8 Å². The van der Waals surface area contributed by atoms with Crippen molar-refractivity contribution in [3.63, 3.8) is 0 Å². The largest absolute Gasteiger partial charge is 0.452 e. The lowest BCUT2D eigenvalue weighted by atomic mass is 10.0. The lowest BCUT2D eigenvalue weighted by molar-refractivity contribution is -0.119. The average Bonchev–Trinajstić information content (AvgIpc) is 2.63. The van der Waals surface area contributed by atoms with Gasteiger partial charge in [-0.05, 0) is 37.6 Å². The van der Waals surface area contributed by atoms with Gasteiger partial charge in [0, 0.05) is 16.1 Å². The van der Waals surface area contributed by atoms with Crippen LogP contribution < -0.4 is 5.32 Å². The van der Waals surface area contributed by atoms with E-state index in [1.165, 1.54) is 12.1 Å². The molecule has 3 aromatic rings. The van der Waals surface area contributed by atoms with Crippen molar-refractivity contribution >= 4 is 63.3 Å². The fourth-order valence-corrected chi connectivity index (χ4v) is 3.64. The van der Waals surface area contributed by atoms with Crippen molar-refractivity contribution in [2.75, 3.05) is 11.9 Å². The molecule has 8 heteroatoms. The number of carbonyl (C=O) groups is 2. The number of aromatic nitrogens is 1. The predicted octanol–water partition coefficient (Wildman–Crippen LogP) is 5.61. The number of fused-ring (bicyclic) bond motifs is 1. The highest BCUT2D eigenvalue weighted by Crippen LogP contribution is 2.33. The van der Waals surface area contributed by atoms with Gasteiger partial charge in [-0.15, -0.1) is 0 Å². The van der Waals surface area contributed by atoms with Gasteiger partial charge in [0.25, 0.3) is 5.91 Å². The minimum atomic E-state index is -0.609. The third-order valence-corrected chi connectivity index (χ3v) is 5.00. The molecule has 28 heavy (non-hydrogen) atoms. The summed E-state index contributed by atoms with van der Waals surface area (Å²) >= 11 is 17.9. The maximum atomic E-state index is 12.7. The number of ether oxygens (including phenoxy) is 1. The van der Waals surface area contributed by atoms with E-state index in [1.54, 1.807) is 13.0 Å². The molecule has 1 N–H and O–H groups in total. The van der Waals surface area contributed by atoms with Crippen LogP contribution in [-0.2, 0) is 9.53 Å². The topological polar surface area (TPSA) is 68.3 Å². The highest BCUT2D eigenvalue weighted by Gasteiger charge is 2.19. The molecule has 0 radical (unpaired) electrons.